The third-order valence-electron chi connectivity index (χ3n) is 5.16. The van der Waals surface area contributed by atoms with Gasteiger partial charge in [0, 0.05) is 10.8 Å². The van der Waals surface area contributed by atoms with Crippen LogP contribution in [0.4, 0.5) is 0 Å². The second-order valence-electron chi connectivity index (χ2n) is 6.90. The first kappa shape index (κ1) is 16.7. The third kappa shape index (κ3) is 3.21. The zero-order valence-corrected chi connectivity index (χ0v) is 15.4. The van der Waals surface area contributed by atoms with Gasteiger partial charge in [0.1, 0.15) is 12.4 Å². The smallest absolute Gasteiger partial charge is 0.313 e. The first-order valence-electron chi connectivity index (χ1n) is 8.35. The molecule has 2 unspecified atom stereocenters. The Labute approximate surface area is 156 Å². The van der Waals surface area contributed by atoms with Crippen molar-refractivity contribution >= 4 is 28.9 Å². The lowest BCUT2D eigenvalue weighted by Gasteiger charge is -2.24. The first-order chi connectivity index (χ1) is 12.0. The predicted octanol–water partition coefficient (Wildman–Crippen LogP) is 5.03. The number of cyclic esters (lactones) is 1. The topological polar surface area (TPSA) is 35.5 Å². The van der Waals surface area contributed by atoms with E-state index in [1.807, 2.05) is 36.4 Å². The molecule has 2 atom stereocenters. The molecule has 0 spiro atoms. The summed E-state index contributed by atoms with van der Waals surface area (Å²) < 4.78 is 11.9. The molecule has 2 heterocycles. The number of carbonyl (C=O) groups is 1. The number of allylic oxidation sites excluding steroid dienone is 1. The van der Waals surface area contributed by atoms with E-state index in [1.54, 1.807) is 0 Å². The van der Waals surface area contributed by atoms with Crippen molar-refractivity contribution in [2.45, 2.75) is 25.9 Å². The van der Waals surface area contributed by atoms with Gasteiger partial charge in [0.2, 0.25) is 0 Å². The van der Waals surface area contributed by atoms with Crippen LogP contribution in [0.1, 0.15) is 23.3 Å². The predicted molar refractivity (Wildman–Crippen MR) is 99.1 cm³/mol. The molecule has 25 heavy (non-hydrogen) atoms. The molecule has 0 bridgehead atoms. The van der Waals surface area contributed by atoms with Crippen molar-refractivity contribution in [3.05, 3.63) is 63.3 Å². The number of thiophene rings is 1. The van der Waals surface area contributed by atoms with Gasteiger partial charge in [-0.1, -0.05) is 35.9 Å². The lowest BCUT2D eigenvalue weighted by atomic mass is 9.75. The number of halogens is 1. The van der Waals surface area contributed by atoms with Gasteiger partial charge in [0.05, 0.1) is 16.4 Å². The minimum atomic E-state index is -0.410. The Balaban J connectivity index is 1.43. The summed E-state index contributed by atoms with van der Waals surface area (Å²) in [4.78, 5) is 13.4. The molecule has 0 radical (unpaired) electrons. The Morgan fingerprint density at radius 3 is 2.80 bits per heavy atom. The SMILES string of the molecule is C=C1CC2COC(=O)C2(Cc2ccc(OCc3ccc(Cl)s3)cc2)C1. The second-order valence-corrected chi connectivity index (χ2v) is 8.70. The Bertz CT molecular complexity index is 811. The number of ether oxygens (including phenoxy) is 2. The van der Waals surface area contributed by atoms with Gasteiger partial charge in [-0.2, -0.15) is 0 Å². The highest BCUT2D eigenvalue weighted by atomic mass is 35.5. The van der Waals surface area contributed by atoms with E-state index in [9.17, 15) is 4.79 Å². The van der Waals surface area contributed by atoms with E-state index in [0.717, 1.165) is 38.9 Å². The fourth-order valence-electron chi connectivity index (χ4n) is 3.91. The summed E-state index contributed by atoms with van der Waals surface area (Å²) in [6, 6.07) is 11.8. The van der Waals surface area contributed by atoms with E-state index in [4.69, 9.17) is 21.1 Å². The fourth-order valence-corrected chi connectivity index (χ4v) is 4.92. The highest BCUT2D eigenvalue weighted by Crippen LogP contribution is 2.52. The molecule has 4 rings (SSSR count). The molecular formula is C20H19ClO3S. The van der Waals surface area contributed by atoms with Crippen LogP contribution in [0.25, 0.3) is 0 Å². The van der Waals surface area contributed by atoms with Crippen molar-refractivity contribution in [1.29, 1.82) is 0 Å². The van der Waals surface area contributed by atoms with Crippen molar-refractivity contribution in [3.63, 3.8) is 0 Å². The zero-order valence-electron chi connectivity index (χ0n) is 13.8. The summed E-state index contributed by atoms with van der Waals surface area (Å²) in [7, 11) is 0. The first-order valence-corrected chi connectivity index (χ1v) is 9.54. The fraction of sp³-hybridized carbons (Fsp3) is 0.350. The van der Waals surface area contributed by atoms with E-state index < -0.39 is 5.41 Å². The standard InChI is InChI=1S/C20H19ClO3S/c1-13-8-15-11-24-19(22)20(15,9-13)10-14-2-4-16(5-3-14)23-12-17-6-7-18(21)25-17/h2-7,15H,1,8-12H2. The minimum Gasteiger partial charge on any atom is -0.488 e. The lowest BCUT2D eigenvalue weighted by Crippen LogP contribution is -2.31. The summed E-state index contributed by atoms with van der Waals surface area (Å²) in [6.45, 7) is 5.13. The van der Waals surface area contributed by atoms with Gasteiger partial charge in [-0.05, 0) is 49.1 Å². The Hall–Kier alpha value is -1.78. The number of benzene rings is 1. The molecule has 0 amide bonds. The van der Waals surface area contributed by atoms with Crippen LogP contribution in [0.3, 0.4) is 0 Å². The van der Waals surface area contributed by atoms with Gasteiger partial charge in [-0.25, -0.2) is 0 Å². The summed E-state index contributed by atoms with van der Waals surface area (Å²) in [5.74, 6) is 1.02. The Morgan fingerprint density at radius 2 is 2.08 bits per heavy atom. The lowest BCUT2D eigenvalue weighted by molar-refractivity contribution is -0.146. The molecular weight excluding hydrogens is 356 g/mol. The minimum absolute atomic E-state index is 0.0638. The molecule has 1 aliphatic heterocycles. The van der Waals surface area contributed by atoms with E-state index in [2.05, 4.69) is 6.58 Å². The number of hydrogen-bond acceptors (Lipinski definition) is 4. The molecule has 1 aliphatic carbocycles. The number of esters is 1. The van der Waals surface area contributed by atoms with E-state index in [0.29, 0.717) is 19.6 Å². The van der Waals surface area contributed by atoms with Crippen LogP contribution in [0, 0.1) is 11.3 Å². The van der Waals surface area contributed by atoms with Crippen molar-refractivity contribution in [1.82, 2.24) is 0 Å². The van der Waals surface area contributed by atoms with Crippen molar-refractivity contribution in [2.24, 2.45) is 11.3 Å². The molecule has 130 valence electrons. The average molecular weight is 375 g/mol. The maximum atomic E-state index is 12.4. The van der Waals surface area contributed by atoms with Crippen LogP contribution in [-0.4, -0.2) is 12.6 Å². The van der Waals surface area contributed by atoms with Crippen LogP contribution >= 0.6 is 22.9 Å². The number of carbonyl (C=O) groups excluding carboxylic acids is 1. The van der Waals surface area contributed by atoms with E-state index in [1.165, 1.54) is 11.3 Å². The molecule has 1 aromatic heterocycles. The summed E-state index contributed by atoms with van der Waals surface area (Å²) in [6.07, 6.45) is 2.35. The Morgan fingerprint density at radius 1 is 1.28 bits per heavy atom. The van der Waals surface area contributed by atoms with Crippen LogP contribution < -0.4 is 4.74 Å². The van der Waals surface area contributed by atoms with Gasteiger partial charge in [0.15, 0.2) is 0 Å². The van der Waals surface area contributed by atoms with Crippen molar-refractivity contribution < 1.29 is 14.3 Å². The van der Waals surface area contributed by atoms with Gasteiger partial charge < -0.3 is 9.47 Å². The van der Waals surface area contributed by atoms with E-state index >= 15 is 0 Å². The molecule has 2 fully saturated rings. The zero-order chi connectivity index (χ0) is 17.4. The molecule has 2 aliphatic rings. The highest BCUT2D eigenvalue weighted by Gasteiger charge is 2.55. The van der Waals surface area contributed by atoms with Crippen LogP contribution in [0.15, 0.2) is 48.6 Å². The van der Waals surface area contributed by atoms with Crippen molar-refractivity contribution in [2.75, 3.05) is 6.61 Å². The van der Waals surface area contributed by atoms with Gasteiger partial charge in [0.25, 0.3) is 0 Å². The van der Waals surface area contributed by atoms with Gasteiger partial charge in [-0.3, -0.25) is 4.79 Å². The average Bonchev–Trinajstić information content (AvgIpc) is 3.23. The maximum absolute atomic E-state index is 12.4. The highest BCUT2D eigenvalue weighted by molar-refractivity contribution is 7.16. The number of rotatable bonds is 5. The van der Waals surface area contributed by atoms with Crippen LogP contribution in [0.5, 0.6) is 5.75 Å². The summed E-state index contributed by atoms with van der Waals surface area (Å²) in [5.41, 5.74) is 1.88. The maximum Gasteiger partial charge on any atom is 0.313 e. The summed E-state index contributed by atoms with van der Waals surface area (Å²) in [5, 5.41) is 0. The van der Waals surface area contributed by atoms with Crippen molar-refractivity contribution in [3.8, 4) is 5.75 Å². The van der Waals surface area contributed by atoms with Gasteiger partial charge in [-0.15, -0.1) is 11.3 Å². The number of hydrogen-bond donors (Lipinski definition) is 0. The molecule has 1 saturated carbocycles. The number of fused-ring (bicyclic) bond motifs is 1. The van der Waals surface area contributed by atoms with E-state index in [-0.39, 0.29) is 11.9 Å². The largest absolute Gasteiger partial charge is 0.488 e. The molecule has 1 aromatic carbocycles. The van der Waals surface area contributed by atoms with Crippen LogP contribution in [-0.2, 0) is 22.6 Å². The molecule has 0 N–H and O–H groups in total. The normalized spacial score (nSPS) is 25.1. The second kappa shape index (κ2) is 6.50. The summed E-state index contributed by atoms with van der Waals surface area (Å²) >= 11 is 7.45. The molecule has 1 saturated heterocycles. The third-order valence-corrected chi connectivity index (χ3v) is 6.36. The van der Waals surface area contributed by atoms with Crippen LogP contribution in [0.2, 0.25) is 4.34 Å². The molecule has 3 nitrogen and oxygen atoms in total. The monoisotopic (exact) mass is 374 g/mol. The Kier molecular flexibility index (Phi) is 4.34. The molecule has 2 aromatic rings. The quantitative estimate of drug-likeness (QED) is 0.543. The molecule has 5 heteroatoms. The van der Waals surface area contributed by atoms with Gasteiger partial charge >= 0.3 is 5.97 Å².